The van der Waals surface area contributed by atoms with Crippen LogP contribution in [0.3, 0.4) is 0 Å². The Hall–Kier alpha value is -2.00. The number of methoxy groups -OCH3 is 1. The van der Waals surface area contributed by atoms with Gasteiger partial charge in [0.1, 0.15) is 5.75 Å². The number of hydrogen-bond acceptors (Lipinski definition) is 2. The lowest BCUT2D eigenvalue weighted by atomic mass is 10.1. The Morgan fingerprint density at radius 2 is 1.95 bits per heavy atom. The summed E-state index contributed by atoms with van der Waals surface area (Å²) in [5, 5.41) is 3.46. The lowest BCUT2D eigenvalue weighted by molar-refractivity contribution is -0.115. The van der Waals surface area contributed by atoms with E-state index in [4.69, 9.17) is 16.3 Å². The highest BCUT2D eigenvalue weighted by Crippen LogP contribution is 2.16. The molecule has 2 aromatic carbocycles. The number of rotatable bonds is 4. The van der Waals surface area contributed by atoms with Gasteiger partial charge < -0.3 is 10.1 Å². The number of carbonyl (C=O) groups excluding carboxylic acids is 1. The van der Waals surface area contributed by atoms with E-state index in [1.54, 1.807) is 43.5 Å². The molecule has 98 valence electrons. The van der Waals surface area contributed by atoms with Gasteiger partial charge in [-0.1, -0.05) is 23.7 Å². The molecule has 0 aliphatic rings. The van der Waals surface area contributed by atoms with Crippen LogP contribution in [0.2, 0.25) is 5.02 Å². The van der Waals surface area contributed by atoms with E-state index in [2.05, 4.69) is 5.32 Å². The third kappa shape index (κ3) is 4.00. The molecule has 0 aliphatic heterocycles. The molecule has 1 amide bonds. The molecule has 2 rings (SSSR count). The first-order chi connectivity index (χ1) is 9.17. The highest BCUT2D eigenvalue weighted by atomic mass is 35.5. The zero-order chi connectivity index (χ0) is 13.7. The molecule has 0 bridgehead atoms. The van der Waals surface area contributed by atoms with Crippen molar-refractivity contribution in [1.29, 1.82) is 0 Å². The van der Waals surface area contributed by atoms with E-state index in [1.165, 1.54) is 0 Å². The molecular weight excluding hydrogens is 262 g/mol. The summed E-state index contributed by atoms with van der Waals surface area (Å²) in [7, 11) is 1.60. The average molecular weight is 276 g/mol. The topological polar surface area (TPSA) is 38.3 Å². The fraction of sp³-hybridized carbons (Fsp3) is 0.133. The fourth-order valence-electron chi connectivity index (χ4n) is 1.71. The van der Waals surface area contributed by atoms with E-state index >= 15 is 0 Å². The van der Waals surface area contributed by atoms with Gasteiger partial charge in [-0.05, 0) is 42.0 Å². The van der Waals surface area contributed by atoms with Crippen LogP contribution in [0.25, 0.3) is 0 Å². The van der Waals surface area contributed by atoms with Crippen molar-refractivity contribution in [2.75, 3.05) is 12.4 Å². The molecule has 1 N–H and O–H groups in total. The van der Waals surface area contributed by atoms with E-state index in [9.17, 15) is 4.79 Å². The first-order valence-electron chi connectivity index (χ1n) is 5.86. The molecule has 0 heterocycles. The van der Waals surface area contributed by atoms with Crippen LogP contribution >= 0.6 is 11.6 Å². The Morgan fingerprint density at radius 1 is 1.21 bits per heavy atom. The van der Waals surface area contributed by atoms with Crippen LogP contribution in [0.4, 0.5) is 5.69 Å². The van der Waals surface area contributed by atoms with Crippen molar-refractivity contribution in [2.24, 2.45) is 0 Å². The van der Waals surface area contributed by atoms with Crippen molar-refractivity contribution >= 4 is 23.2 Å². The number of anilines is 1. The summed E-state index contributed by atoms with van der Waals surface area (Å²) < 4.78 is 5.06. The third-order valence-corrected chi connectivity index (χ3v) is 2.86. The monoisotopic (exact) mass is 275 g/mol. The normalized spacial score (nSPS) is 10.0. The SMILES string of the molecule is COc1ccc(NC(=O)Cc2cccc(Cl)c2)cc1. The quantitative estimate of drug-likeness (QED) is 0.927. The number of hydrogen-bond donors (Lipinski definition) is 1. The van der Waals surface area contributed by atoms with E-state index < -0.39 is 0 Å². The minimum absolute atomic E-state index is 0.0765. The van der Waals surface area contributed by atoms with E-state index in [-0.39, 0.29) is 5.91 Å². The molecule has 0 radical (unpaired) electrons. The molecule has 19 heavy (non-hydrogen) atoms. The van der Waals surface area contributed by atoms with Crippen molar-refractivity contribution in [3.63, 3.8) is 0 Å². The molecular formula is C15H14ClNO2. The Morgan fingerprint density at radius 3 is 2.58 bits per heavy atom. The van der Waals surface area contributed by atoms with Crippen LogP contribution in [-0.2, 0) is 11.2 Å². The Bertz CT molecular complexity index is 567. The van der Waals surface area contributed by atoms with Gasteiger partial charge in [0.25, 0.3) is 0 Å². The highest BCUT2D eigenvalue weighted by molar-refractivity contribution is 6.30. The second-order valence-corrected chi connectivity index (χ2v) is 4.52. The molecule has 4 heteroatoms. The molecule has 0 aromatic heterocycles. The minimum Gasteiger partial charge on any atom is -0.497 e. The maximum Gasteiger partial charge on any atom is 0.228 e. The highest BCUT2D eigenvalue weighted by Gasteiger charge is 2.04. The third-order valence-electron chi connectivity index (χ3n) is 2.63. The summed E-state index contributed by atoms with van der Waals surface area (Å²) >= 11 is 5.88. The summed E-state index contributed by atoms with van der Waals surface area (Å²) in [5.41, 5.74) is 1.63. The van der Waals surface area contributed by atoms with Gasteiger partial charge in [-0.3, -0.25) is 4.79 Å². The summed E-state index contributed by atoms with van der Waals surface area (Å²) in [6.45, 7) is 0. The van der Waals surface area contributed by atoms with E-state index in [0.29, 0.717) is 11.4 Å². The van der Waals surface area contributed by atoms with Crippen LogP contribution < -0.4 is 10.1 Å². The molecule has 3 nitrogen and oxygen atoms in total. The lowest BCUT2D eigenvalue weighted by Crippen LogP contribution is -2.14. The van der Waals surface area contributed by atoms with Crippen LogP contribution in [0.1, 0.15) is 5.56 Å². The van der Waals surface area contributed by atoms with Crippen LogP contribution in [0.5, 0.6) is 5.75 Å². The number of amides is 1. The average Bonchev–Trinajstić information content (AvgIpc) is 2.39. The first kappa shape index (κ1) is 13.4. The van der Waals surface area contributed by atoms with Crippen molar-refractivity contribution in [3.05, 3.63) is 59.1 Å². The zero-order valence-corrected chi connectivity index (χ0v) is 11.3. The maximum atomic E-state index is 11.9. The lowest BCUT2D eigenvalue weighted by Gasteiger charge is -2.06. The van der Waals surface area contributed by atoms with Gasteiger partial charge in [0.2, 0.25) is 5.91 Å². The number of ether oxygens (including phenoxy) is 1. The molecule has 0 unspecified atom stereocenters. The predicted octanol–water partition coefficient (Wildman–Crippen LogP) is 3.53. The molecule has 0 saturated heterocycles. The maximum absolute atomic E-state index is 11.9. The fourth-order valence-corrected chi connectivity index (χ4v) is 1.92. The number of nitrogens with one attached hydrogen (secondary N) is 1. The molecule has 0 atom stereocenters. The zero-order valence-electron chi connectivity index (χ0n) is 10.5. The van der Waals surface area contributed by atoms with Gasteiger partial charge in [-0.25, -0.2) is 0 Å². The summed E-state index contributed by atoms with van der Waals surface area (Å²) in [6, 6.07) is 14.5. The minimum atomic E-state index is -0.0765. The van der Waals surface area contributed by atoms with E-state index in [1.807, 2.05) is 12.1 Å². The molecule has 2 aromatic rings. The first-order valence-corrected chi connectivity index (χ1v) is 6.23. The van der Waals surface area contributed by atoms with Gasteiger partial charge in [-0.2, -0.15) is 0 Å². The van der Waals surface area contributed by atoms with Gasteiger partial charge in [0.05, 0.1) is 13.5 Å². The van der Waals surface area contributed by atoms with Gasteiger partial charge in [-0.15, -0.1) is 0 Å². The van der Waals surface area contributed by atoms with Crippen LogP contribution in [0.15, 0.2) is 48.5 Å². The van der Waals surface area contributed by atoms with Gasteiger partial charge in [0.15, 0.2) is 0 Å². The Kier molecular flexibility index (Phi) is 4.42. The van der Waals surface area contributed by atoms with Gasteiger partial charge >= 0.3 is 0 Å². The largest absolute Gasteiger partial charge is 0.497 e. The van der Waals surface area contributed by atoms with Crippen molar-refractivity contribution in [1.82, 2.24) is 0 Å². The number of benzene rings is 2. The second-order valence-electron chi connectivity index (χ2n) is 4.08. The van der Waals surface area contributed by atoms with Gasteiger partial charge in [0, 0.05) is 10.7 Å². The second kappa shape index (κ2) is 6.25. The van der Waals surface area contributed by atoms with Crippen molar-refractivity contribution < 1.29 is 9.53 Å². The predicted molar refractivity (Wildman–Crippen MR) is 76.8 cm³/mol. The molecule has 0 saturated carbocycles. The number of carbonyl (C=O) groups is 1. The standard InChI is InChI=1S/C15H14ClNO2/c1-19-14-7-5-13(6-8-14)17-15(18)10-11-3-2-4-12(16)9-11/h2-9H,10H2,1H3,(H,17,18). The van der Waals surface area contributed by atoms with Crippen LogP contribution in [-0.4, -0.2) is 13.0 Å². The Balaban J connectivity index is 1.97. The molecule has 0 fully saturated rings. The van der Waals surface area contributed by atoms with E-state index in [0.717, 1.165) is 17.0 Å². The van der Waals surface area contributed by atoms with Crippen molar-refractivity contribution in [2.45, 2.75) is 6.42 Å². The summed E-state index contributed by atoms with van der Waals surface area (Å²) in [6.07, 6.45) is 0.298. The summed E-state index contributed by atoms with van der Waals surface area (Å²) in [5.74, 6) is 0.681. The summed E-state index contributed by atoms with van der Waals surface area (Å²) in [4.78, 5) is 11.9. The molecule has 0 aliphatic carbocycles. The number of halogens is 1. The Labute approximate surface area is 117 Å². The van der Waals surface area contributed by atoms with Crippen LogP contribution in [0, 0.1) is 0 Å². The smallest absolute Gasteiger partial charge is 0.228 e. The van der Waals surface area contributed by atoms with Crippen molar-refractivity contribution in [3.8, 4) is 5.75 Å². The molecule has 0 spiro atoms.